The fourth-order valence-corrected chi connectivity index (χ4v) is 4.37. The normalized spacial score (nSPS) is 16.8. The van der Waals surface area contributed by atoms with Crippen LogP contribution in [-0.4, -0.2) is 36.9 Å². The minimum absolute atomic E-state index is 0.0465. The molecule has 1 aromatic carbocycles. The number of hydrogen-bond donors (Lipinski definition) is 1. The van der Waals surface area contributed by atoms with Gasteiger partial charge < -0.3 is 5.11 Å². The van der Waals surface area contributed by atoms with Crippen molar-refractivity contribution in [2.45, 2.75) is 18.2 Å². The highest BCUT2D eigenvalue weighted by Crippen LogP contribution is 2.27. The maximum atomic E-state index is 12.5. The van der Waals surface area contributed by atoms with E-state index in [2.05, 4.69) is 15.9 Å². The predicted molar refractivity (Wildman–Crippen MR) is 78.2 cm³/mol. The molecule has 7 heteroatoms. The lowest BCUT2D eigenvalue weighted by Gasteiger charge is -2.25. The first kappa shape index (κ1) is 15.2. The summed E-state index contributed by atoms with van der Waals surface area (Å²) < 4.78 is 26.7. The molecule has 0 aromatic heterocycles. The molecule has 1 aromatic rings. The number of rotatable bonds is 3. The van der Waals surface area contributed by atoms with Gasteiger partial charge in [0, 0.05) is 17.6 Å². The second-order valence-corrected chi connectivity index (χ2v) is 7.37. The third kappa shape index (κ3) is 2.94. The summed E-state index contributed by atoms with van der Waals surface area (Å²) in [7, 11) is -3.61. The van der Waals surface area contributed by atoms with E-state index < -0.39 is 16.0 Å². The van der Waals surface area contributed by atoms with E-state index in [0.29, 0.717) is 19.5 Å². The zero-order chi connectivity index (χ0) is 14.9. The summed E-state index contributed by atoms with van der Waals surface area (Å²) in [6.45, 7) is 2.76. The molecule has 108 valence electrons. The molecule has 1 N–H and O–H groups in total. The highest BCUT2D eigenvalue weighted by Gasteiger charge is 2.27. The summed E-state index contributed by atoms with van der Waals surface area (Å²) in [4.78, 5) is 11.0. The molecule has 0 fully saturated rings. The molecule has 1 aliphatic rings. The van der Waals surface area contributed by atoms with Crippen LogP contribution in [0.15, 0.2) is 39.2 Å². The molecule has 20 heavy (non-hydrogen) atoms. The number of carboxylic acids is 1. The lowest BCUT2D eigenvalue weighted by atomic mass is 10.1. The van der Waals surface area contributed by atoms with Crippen molar-refractivity contribution in [2.75, 3.05) is 13.1 Å². The van der Waals surface area contributed by atoms with Crippen LogP contribution in [-0.2, 0) is 10.0 Å². The first-order valence-corrected chi connectivity index (χ1v) is 8.24. The molecule has 0 saturated carbocycles. The number of nitrogens with zero attached hydrogens (tertiary/aromatic N) is 1. The lowest BCUT2D eigenvalue weighted by Crippen LogP contribution is -2.34. The number of carboxylic acid groups (broad SMARTS) is 1. The molecule has 0 bridgehead atoms. The summed E-state index contributed by atoms with van der Waals surface area (Å²) >= 11 is 3.15. The Balaban J connectivity index is 2.38. The van der Waals surface area contributed by atoms with Gasteiger partial charge in [-0.25, -0.2) is 13.2 Å². The number of carbonyl (C=O) groups is 1. The third-order valence-corrected chi connectivity index (χ3v) is 6.04. The Kier molecular flexibility index (Phi) is 4.31. The summed E-state index contributed by atoms with van der Waals surface area (Å²) in [5.41, 5.74) is 1.22. The Morgan fingerprint density at radius 1 is 1.40 bits per heavy atom. The van der Waals surface area contributed by atoms with E-state index in [1.165, 1.54) is 28.1 Å². The SMILES string of the molecule is CC1=CCN(S(=O)(=O)c2ccc(C(=O)O)cc2Br)CC1. The van der Waals surface area contributed by atoms with Gasteiger partial charge in [0.1, 0.15) is 0 Å². The Hall–Kier alpha value is -1.18. The van der Waals surface area contributed by atoms with Crippen molar-refractivity contribution in [3.05, 3.63) is 39.9 Å². The fourth-order valence-electron chi connectivity index (χ4n) is 1.95. The van der Waals surface area contributed by atoms with Gasteiger partial charge in [0.2, 0.25) is 10.0 Å². The second kappa shape index (κ2) is 5.67. The van der Waals surface area contributed by atoms with Crippen LogP contribution in [0.3, 0.4) is 0 Å². The third-order valence-electron chi connectivity index (χ3n) is 3.20. The maximum absolute atomic E-state index is 12.5. The van der Waals surface area contributed by atoms with Crippen molar-refractivity contribution >= 4 is 31.9 Å². The van der Waals surface area contributed by atoms with Gasteiger partial charge in [0.15, 0.2) is 0 Å². The first-order valence-electron chi connectivity index (χ1n) is 6.01. The Morgan fingerprint density at radius 3 is 2.60 bits per heavy atom. The molecule has 0 unspecified atom stereocenters. The minimum atomic E-state index is -3.61. The van der Waals surface area contributed by atoms with Crippen LogP contribution in [0.25, 0.3) is 0 Å². The van der Waals surface area contributed by atoms with Gasteiger partial charge in [-0.3, -0.25) is 0 Å². The molecule has 1 aliphatic heterocycles. The van der Waals surface area contributed by atoms with Gasteiger partial charge in [0.05, 0.1) is 10.5 Å². The van der Waals surface area contributed by atoms with Crippen molar-refractivity contribution in [1.82, 2.24) is 4.31 Å². The standard InChI is InChI=1S/C13H14BrNO4S/c1-9-4-6-15(7-5-9)20(18,19)12-3-2-10(13(16)17)8-11(12)14/h2-4,8H,5-7H2,1H3,(H,16,17). The molecule has 5 nitrogen and oxygen atoms in total. The molecular formula is C13H14BrNO4S. The quantitative estimate of drug-likeness (QED) is 0.841. The second-order valence-electron chi connectivity index (χ2n) is 4.61. The van der Waals surface area contributed by atoms with Crippen molar-refractivity contribution in [3.8, 4) is 0 Å². The highest BCUT2D eigenvalue weighted by atomic mass is 79.9. The van der Waals surface area contributed by atoms with E-state index in [9.17, 15) is 13.2 Å². The molecule has 0 aliphatic carbocycles. The highest BCUT2D eigenvalue weighted by molar-refractivity contribution is 9.10. The number of benzene rings is 1. The van der Waals surface area contributed by atoms with Crippen LogP contribution in [0, 0.1) is 0 Å². The summed E-state index contributed by atoms with van der Waals surface area (Å²) in [6, 6.07) is 3.93. The number of aromatic carboxylic acids is 1. The number of halogens is 1. The van der Waals surface area contributed by atoms with Crippen LogP contribution < -0.4 is 0 Å². The van der Waals surface area contributed by atoms with Gasteiger partial charge in [-0.1, -0.05) is 11.6 Å². The summed E-state index contributed by atoms with van der Waals surface area (Å²) in [5, 5.41) is 8.89. The maximum Gasteiger partial charge on any atom is 0.335 e. The minimum Gasteiger partial charge on any atom is -0.478 e. The van der Waals surface area contributed by atoms with Gasteiger partial charge in [-0.05, 0) is 47.5 Å². The fraction of sp³-hybridized carbons (Fsp3) is 0.308. The van der Waals surface area contributed by atoms with Gasteiger partial charge in [-0.2, -0.15) is 4.31 Å². The van der Waals surface area contributed by atoms with Crippen LogP contribution in [0.1, 0.15) is 23.7 Å². The van der Waals surface area contributed by atoms with Gasteiger partial charge >= 0.3 is 5.97 Å². The van der Waals surface area contributed by atoms with Crippen molar-refractivity contribution in [2.24, 2.45) is 0 Å². The Bertz CT molecular complexity index is 682. The van der Waals surface area contributed by atoms with E-state index in [4.69, 9.17) is 5.11 Å². The van der Waals surface area contributed by atoms with E-state index in [1.54, 1.807) is 0 Å². The predicted octanol–water partition coefficient (Wildman–Crippen LogP) is 2.49. The number of sulfonamides is 1. The first-order chi connectivity index (χ1) is 9.32. The molecule has 0 radical (unpaired) electrons. The average Bonchev–Trinajstić information content (AvgIpc) is 2.38. The largest absolute Gasteiger partial charge is 0.478 e. The van der Waals surface area contributed by atoms with Crippen molar-refractivity contribution < 1.29 is 18.3 Å². The molecular weight excluding hydrogens is 346 g/mol. The van der Waals surface area contributed by atoms with Gasteiger partial charge in [0.25, 0.3) is 0 Å². The Morgan fingerprint density at radius 2 is 2.10 bits per heavy atom. The van der Waals surface area contributed by atoms with E-state index in [1.807, 2.05) is 13.0 Å². The topological polar surface area (TPSA) is 74.7 Å². The molecule has 2 rings (SSSR count). The van der Waals surface area contributed by atoms with E-state index in [0.717, 1.165) is 0 Å². The van der Waals surface area contributed by atoms with E-state index in [-0.39, 0.29) is 14.9 Å². The summed E-state index contributed by atoms with van der Waals surface area (Å²) in [5.74, 6) is -1.09. The van der Waals surface area contributed by atoms with Crippen molar-refractivity contribution in [3.63, 3.8) is 0 Å². The Labute approximate surface area is 126 Å². The molecule has 0 amide bonds. The van der Waals surface area contributed by atoms with Crippen LogP contribution >= 0.6 is 15.9 Å². The monoisotopic (exact) mass is 359 g/mol. The molecule has 1 heterocycles. The van der Waals surface area contributed by atoms with Crippen molar-refractivity contribution in [1.29, 1.82) is 0 Å². The molecule has 0 atom stereocenters. The van der Waals surface area contributed by atoms with Crippen LogP contribution in [0.5, 0.6) is 0 Å². The smallest absolute Gasteiger partial charge is 0.335 e. The van der Waals surface area contributed by atoms with Crippen LogP contribution in [0.4, 0.5) is 0 Å². The lowest BCUT2D eigenvalue weighted by molar-refractivity contribution is 0.0696. The van der Waals surface area contributed by atoms with Gasteiger partial charge in [-0.15, -0.1) is 0 Å². The molecule has 0 saturated heterocycles. The molecule has 0 spiro atoms. The average molecular weight is 360 g/mol. The summed E-state index contributed by atoms with van der Waals surface area (Å²) in [6.07, 6.45) is 2.60. The van der Waals surface area contributed by atoms with E-state index >= 15 is 0 Å². The zero-order valence-corrected chi connectivity index (χ0v) is 13.2. The zero-order valence-electron chi connectivity index (χ0n) is 10.8. The number of hydrogen-bond acceptors (Lipinski definition) is 3. The van der Waals surface area contributed by atoms with Crippen LogP contribution in [0.2, 0.25) is 0 Å².